The van der Waals surface area contributed by atoms with Crippen molar-refractivity contribution in [2.24, 2.45) is 0 Å². The molecule has 1 heterocycles. The highest BCUT2D eigenvalue weighted by molar-refractivity contribution is 7.90. The molecule has 1 aromatic heterocycles. The largest absolute Gasteiger partial charge is 0.383 e. The van der Waals surface area contributed by atoms with E-state index < -0.39 is 9.84 Å². The van der Waals surface area contributed by atoms with Gasteiger partial charge in [0.2, 0.25) is 0 Å². The highest BCUT2D eigenvalue weighted by Crippen LogP contribution is 2.13. The molecule has 0 aliphatic heterocycles. The van der Waals surface area contributed by atoms with Gasteiger partial charge in [0.15, 0.2) is 9.84 Å². The molecule has 0 fully saturated rings. The summed E-state index contributed by atoms with van der Waals surface area (Å²) in [5.74, 6) is 0.363. The van der Waals surface area contributed by atoms with E-state index in [0.717, 1.165) is 6.26 Å². The fraction of sp³-hybridized carbons (Fsp3) is 0.286. The summed E-state index contributed by atoms with van der Waals surface area (Å²) in [5, 5.41) is 0. The van der Waals surface area contributed by atoms with E-state index in [4.69, 9.17) is 5.73 Å². The summed E-state index contributed by atoms with van der Waals surface area (Å²) in [6.07, 6.45) is 2.40. The lowest BCUT2D eigenvalue weighted by Crippen LogP contribution is -2.01. The molecule has 66 valence electrons. The Labute approximate surface area is 71.3 Å². The number of rotatable bonds is 1. The van der Waals surface area contributed by atoms with Gasteiger partial charge in [-0.3, -0.25) is 0 Å². The molecule has 0 saturated heterocycles. The van der Waals surface area contributed by atoms with E-state index in [1.807, 2.05) is 0 Å². The van der Waals surface area contributed by atoms with Gasteiger partial charge in [-0.1, -0.05) is 0 Å². The van der Waals surface area contributed by atoms with Crippen molar-refractivity contribution >= 4 is 15.7 Å². The fourth-order valence-corrected chi connectivity index (χ4v) is 1.40. The molecule has 1 aromatic rings. The van der Waals surface area contributed by atoms with Crippen LogP contribution in [0.25, 0.3) is 0 Å². The predicted molar refractivity (Wildman–Crippen MR) is 46.5 cm³/mol. The van der Waals surface area contributed by atoms with Gasteiger partial charge in [-0.15, -0.1) is 0 Å². The number of nitrogens with two attached hydrogens (primary N) is 1. The molecule has 0 saturated carbocycles. The summed E-state index contributed by atoms with van der Waals surface area (Å²) in [7, 11) is -3.16. The van der Waals surface area contributed by atoms with E-state index >= 15 is 0 Å². The molecule has 0 unspecified atom stereocenters. The molecule has 0 amide bonds. The van der Waals surface area contributed by atoms with Crippen LogP contribution >= 0.6 is 0 Å². The standard InChI is InChI=1S/C7H10N2O2S/c1-5-3-6(12(2,10)11)4-9-7(5)8/h3-4H,1-2H3,(H2,8,9). The number of nitrogen functional groups attached to an aromatic ring is 1. The number of anilines is 1. The van der Waals surface area contributed by atoms with Crippen molar-refractivity contribution in [3.05, 3.63) is 17.8 Å². The van der Waals surface area contributed by atoms with E-state index in [1.54, 1.807) is 6.92 Å². The number of hydrogen-bond acceptors (Lipinski definition) is 4. The molecule has 0 atom stereocenters. The minimum atomic E-state index is -3.16. The van der Waals surface area contributed by atoms with Crippen molar-refractivity contribution in [1.82, 2.24) is 4.98 Å². The van der Waals surface area contributed by atoms with Gasteiger partial charge in [0.25, 0.3) is 0 Å². The molecule has 2 N–H and O–H groups in total. The Kier molecular flexibility index (Phi) is 2.06. The van der Waals surface area contributed by atoms with Crippen LogP contribution in [-0.4, -0.2) is 19.7 Å². The minimum Gasteiger partial charge on any atom is -0.383 e. The number of aryl methyl sites for hydroxylation is 1. The van der Waals surface area contributed by atoms with Crippen molar-refractivity contribution in [1.29, 1.82) is 0 Å². The molecular weight excluding hydrogens is 176 g/mol. The van der Waals surface area contributed by atoms with E-state index in [2.05, 4.69) is 4.98 Å². The number of nitrogens with zero attached hydrogens (tertiary/aromatic N) is 1. The molecule has 0 aromatic carbocycles. The Morgan fingerprint density at radius 3 is 2.50 bits per heavy atom. The van der Waals surface area contributed by atoms with Gasteiger partial charge in [0.05, 0.1) is 4.90 Å². The highest BCUT2D eigenvalue weighted by Gasteiger charge is 2.08. The first-order chi connectivity index (χ1) is 5.41. The normalized spacial score (nSPS) is 11.5. The maximum atomic E-state index is 11.0. The molecule has 5 heteroatoms. The number of pyridine rings is 1. The summed E-state index contributed by atoms with van der Waals surface area (Å²) in [6, 6.07) is 1.51. The van der Waals surface area contributed by atoms with E-state index in [-0.39, 0.29) is 4.90 Å². The second kappa shape index (κ2) is 2.75. The van der Waals surface area contributed by atoms with Gasteiger partial charge in [-0.2, -0.15) is 0 Å². The molecular formula is C7H10N2O2S. The Morgan fingerprint density at radius 1 is 1.50 bits per heavy atom. The third kappa shape index (κ3) is 1.73. The van der Waals surface area contributed by atoms with Crippen LogP contribution in [0.15, 0.2) is 17.2 Å². The molecule has 0 aliphatic carbocycles. The second-order valence-electron chi connectivity index (χ2n) is 2.65. The van der Waals surface area contributed by atoms with E-state index in [9.17, 15) is 8.42 Å². The van der Waals surface area contributed by atoms with Crippen LogP contribution in [-0.2, 0) is 9.84 Å². The summed E-state index contributed by atoms with van der Waals surface area (Å²) in [5.41, 5.74) is 6.10. The van der Waals surface area contributed by atoms with Crippen LogP contribution in [0.5, 0.6) is 0 Å². The first kappa shape index (κ1) is 8.99. The lowest BCUT2D eigenvalue weighted by atomic mass is 10.3. The lowest BCUT2D eigenvalue weighted by molar-refractivity contribution is 0.601. The third-order valence-electron chi connectivity index (χ3n) is 1.52. The molecule has 4 nitrogen and oxygen atoms in total. The smallest absolute Gasteiger partial charge is 0.177 e. The predicted octanol–water partition coefficient (Wildman–Crippen LogP) is 0.376. The SMILES string of the molecule is Cc1cc(S(C)(=O)=O)cnc1N. The zero-order valence-electron chi connectivity index (χ0n) is 6.90. The van der Waals surface area contributed by atoms with Crippen molar-refractivity contribution in [2.45, 2.75) is 11.8 Å². The van der Waals surface area contributed by atoms with Crippen LogP contribution in [0, 0.1) is 6.92 Å². The zero-order chi connectivity index (χ0) is 9.35. The summed E-state index contributed by atoms with van der Waals surface area (Å²) < 4.78 is 22.0. The van der Waals surface area contributed by atoms with Crippen LogP contribution < -0.4 is 5.73 Å². The van der Waals surface area contributed by atoms with Crippen LogP contribution in [0.2, 0.25) is 0 Å². The monoisotopic (exact) mass is 186 g/mol. The average molecular weight is 186 g/mol. The molecule has 0 aliphatic rings. The van der Waals surface area contributed by atoms with Crippen LogP contribution in [0.1, 0.15) is 5.56 Å². The Balaban J connectivity index is 3.33. The maximum Gasteiger partial charge on any atom is 0.177 e. The van der Waals surface area contributed by atoms with Gasteiger partial charge in [0.1, 0.15) is 5.82 Å². The molecule has 0 radical (unpaired) electrons. The first-order valence-electron chi connectivity index (χ1n) is 3.33. The molecule has 1 rings (SSSR count). The summed E-state index contributed by atoms with van der Waals surface area (Å²) >= 11 is 0. The zero-order valence-corrected chi connectivity index (χ0v) is 7.72. The minimum absolute atomic E-state index is 0.203. The first-order valence-corrected chi connectivity index (χ1v) is 5.22. The van der Waals surface area contributed by atoms with E-state index in [1.165, 1.54) is 12.3 Å². The average Bonchev–Trinajstić information content (AvgIpc) is 1.92. The fourth-order valence-electron chi connectivity index (χ4n) is 0.762. The van der Waals surface area contributed by atoms with Gasteiger partial charge in [-0.05, 0) is 18.6 Å². The Bertz CT molecular complexity index is 398. The quantitative estimate of drug-likeness (QED) is 0.688. The van der Waals surface area contributed by atoms with Gasteiger partial charge < -0.3 is 5.73 Å². The van der Waals surface area contributed by atoms with Crippen molar-refractivity contribution in [3.63, 3.8) is 0 Å². The second-order valence-corrected chi connectivity index (χ2v) is 4.66. The molecule has 12 heavy (non-hydrogen) atoms. The number of aromatic nitrogens is 1. The lowest BCUT2D eigenvalue weighted by Gasteiger charge is -2.01. The van der Waals surface area contributed by atoms with Crippen molar-refractivity contribution in [2.75, 3.05) is 12.0 Å². The topological polar surface area (TPSA) is 73.0 Å². The van der Waals surface area contributed by atoms with Crippen molar-refractivity contribution < 1.29 is 8.42 Å². The van der Waals surface area contributed by atoms with Crippen molar-refractivity contribution in [3.8, 4) is 0 Å². The van der Waals surface area contributed by atoms with Crippen LogP contribution in [0.4, 0.5) is 5.82 Å². The highest BCUT2D eigenvalue weighted by atomic mass is 32.2. The van der Waals surface area contributed by atoms with Gasteiger partial charge in [0, 0.05) is 12.5 Å². The third-order valence-corrected chi connectivity index (χ3v) is 2.60. The number of sulfone groups is 1. The number of hydrogen-bond donors (Lipinski definition) is 1. The Morgan fingerprint density at radius 2 is 2.08 bits per heavy atom. The summed E-state index contributed by atoms with van der Waals surface area (Å²) in [4.78, 5) is 3.95. The summed E-state index contributed by atoms with van der Waals surface area (Å²) in [6.45, 7) is 1.72. The van der Waals surface area contributed by atoms with Gasteiger partial charge >= 0.3 is 0 Å². The maximum absolute atomic E-state index is 11.0. The van der Waals surface area contributed by atoms with Gasteiger partial charge in [-0.25, -0.2) is 13.4 Å². The van der Waals surface area contributed by atoms with E-state index in [0.29, 0.717) is 11.4 Å². The molecule has 0 spiro atoms. The van der Waals surface area contributed by atoms with Crippen LogP contribution in [0.3, 0.4) is 0 Å². The molecule has 0 bridgehead atoms. The Hall–Kier alpha value is -1.10.